The molecule has 0 unspecified atom stereocenters. The maximum atomic E-state index is 13.0. The zero-order valence-electron chi connectivity index (χ0n) is 13.2. The molecule has 122 valence electrons. The normalized spacial score (nSPS) is 20.6. The van der Waals surface area contributed by atoms with Gasteiger partial charge >= 0.3 is 0 Å². The molecule has 1 aromatic carbocycles. The summed E-state index contributed by atoms with van der Waals surface area (Å²) in [6.45, 7) is 1.95. The molecule has 2 aromatic rings. The van der Waals surface area contributed by atoms with Crippen LogP contribution in [0.1, 0.15) is 35.5 Å². The molecule has 1 aromatic heterocycles. The van der Waals surface area contributed by atoms with Crippen molar-refractivity contribution in [2.24, 2.45) is 5.92 Å². The van der Waals surface area contributed by atoms with Crippen molar-refractivity contribution in [3.63, 3.8) is 0 Å². The summed E-state index contributed by atoms with van der Waals surface area (Å²) in [5, 5.41) is 6.10. The Labute approximate surface area is 140 Å². The lowest BCUT2D eigenvalue weighted by Gasteiger charge is -2.21. The van der Waals surface area contributed by atoms with Gasteiger partial charge in [0.15, 0.2) is 0 Å². The van der Waals surface area contributed by atoms with Crippen molar-refractivity contribution in [3.05, 3.63) is 51.7 Å². The van der Waals surface area contributed by atoms with Gasteiger partial charge in [0.25, 0.3) is 0 Å². The molecule has 1 aliphatic rings. The molecule has 23 heavy (non-hydrogen) atoms. The molecular formula is C18H21FN2OS. The van der Waals surface area contributed by atoms with E-state index >= 15 is 0 Å². The molecule has 1 saturated carbocycles. The van der Waals surface area contributed by atoms with Gasteiger partial charge in [-0.3, -0.25) is 4.79 Å². The van der Waals surface area contributed by atoms with E-state index in [9.17, 15) is 9.18 Å². The second kappa shape index (κ2) is 7.21. The molecule has 0 saturated heterocycles. The van der Waals surface area contributed by atoms with Crippen LogP contribution in [0.5, 0.6) is 0 Å². The maximum Gasteiger partial charge on any atom is 0.226 e. The van der Waals surface area contributed by atoms with Crippen LogP contribution in [-0.4, -0.2) is 16.9 Å². The SMILES string of the molecule is Cc1nc(CC(=O)N[C@H]2CCC[C@H]2Cc2ccc(F)cc2)cs1. The first kappa shape index (κ1) is 16.1. The Bertz CT molecular complexity index is 668. The first-order chi connectivity index (χ1) is 11.1. The lowest BCUT2D eigenvalue weighted by molar-refractivity contribution is -0.121. The zero-order chi connectivity index (χ0) is 16.2. The van der Waals surface area contributed by atoms with Crippen molar-refractivity contribution >= 4 is 17.2 Å². The quantitative estimate of drug-likeness (QED) is 0.908. The van der Waals surface area contributed by atoms with Crippen LogP contribution in [0, 0.1) is 18.7 Å². The number of halogens is 1. The molecule has 1 fully saturated rings. The molecule has 5 heteroatoms. The molecule has 3 rings (SSSR count). The summed E-state index contributed by atoms with van der Waals surface area (Å²) >= 11 is 1.57. The average molecular weight is 332 g/mol. The van der Waals surface area contributed by atoms with E-state index < -0.39 is 0 Å². The smallest absolute Gasteiger partial charge is 0.226 e. The van der Waals surface area contributed by atoms with E-state index in [4.69, 9.17) is 0 Å². The summed E-state index contributed by atoms with van der Waals surface area (Å²) in [5.74, 6) is 0.275. The van der Waals surface area contributed by atoms with E-state index in [-0.39, 0.29) is 17.8 Å². The molecular weight excluding hydrogens is 311 g/mol. The number of hydrogen-bond acceptors (Lipinski definition) is 3. The van der Waals surface area contributed by atoms with E-state index in [0.717, 1.165) is 41.9 Å². The van der Waals surface area contributed by atoms with Crippen molar-refractivity contribution in [1.29, 1.82) is 0 Å². The number of amides is 1. The number of nitrogens with one attached hydrogen (secondary N) is 1. The van der Waals surface area contributed by atoms with Crippen LogP contribution in [0.3, 0.4) is 0 Å². The van der Waals surface area contributed by atoms with E-state index in [1.54, 1.807) is 11.3 Å². The largest absolute Gasteiger partial charge is 0.353 e. The predicted molar refractivity (Wildman–Crippen MR) is 89.9 cm³/mol. The molecule has 2 atom stereocenters. The highest BCUT2D eigenvalue weighted by atomic mass is 32.1. The van der Waals surface area contributed by atoms with Crippen molar-refractivity contribution in [2.45, 2.75) is 45.1 Å². The summed E-state index contributed by atoms with van der Waals surface area (Å²) < 4.78 is 13.0. The molecule has 1 amide bonds. The van der Waals surface area contributed by atoms with Crippen molar-refractivity contribution in [3.8, 4) is 0 Å². The predicted octanol–water partition coefficient (Wildman–Crippen LogP) is 3.66. The van der Waals surface area contributed by atoms with E-state index in [0.29, 0.717) is 12.3 Å². The number of carbonyl (C=O) groups is 1. The second-order valence-corrected chi connectivity index (χ2v) is 7.29. The Balaban J connectivity index is 1.56. The minimum atomic E-state index is -0.205. The minimum absolute atomic E-state index is 0.0475. The highest BCUT2D eigenvalue weighted by Crippen LogP contribution is 2.29. The number of benzene rings is 1. The molecule has 0 aliphatic heterocycles. The number of aryl methyl sites for hydroxylation is 1. The van der Waals surface area contributed by atoms with Crippen molar-refractivity contribution < 1.29 is 9.18 Å². The van der Waals surface area contributed by atoms with Gasteiger partial charge < -0.3 is 5.32 Å². The molecule has 0 bridgehead atoms. The molecule has 0 radical (unpaired) electrons. The molecule has 3 nitrogen and oxygen atoms in total. The maximum absolute atomic E-state index is 13.0. The highest BCUT2D eigenvalue weighted by molar-refractivity contribution is 7.09. The molecule has 1 N–H and O–H groups in total. The van der Waals surface area contributed by atoms with Gasteiger partial charge in [0, 0.05) is 11.4 Å². The van der Waals surface area contributed by atoms with Gasteiger partial charge in [-0.2, -0.15) is 0 Å². The molecule has 0 spiro atoms. The van der Waals surface area contributed by atoms with Gasteiger partial charge in [-0.15, -0.1) is 11.3 Å². The van der Waals surface area contributed by atoms with Crippen LogP contribution in [-0.2, 0) is 17.6 Å². The average Bonchev–Trinajstić information content (AvgIpc) is 3.11. The van der Waals surface area contributed by atoms with Crippen LogP contribution in [0.15, 0.2) is 29.6 Å². The Morgan fingerprint density at radius 1 is 1.35 bits per heavy atom. The zero-order valence-corrected chi connectivity index (χ0v) is 14.0. The van der Waals surface area contributed by atoms with Gasteiger partial charge in [-0.25, -0.2) is 9.37 Å². The van der Waals surface area contributed by atoms with E-state index in [2.05, 4.69) is 10.3 Å². The minimum Gasteiger partial charge on any atom is -0.353 e. The number of rotatable bonds is 5. The lowest BCUT2D eigenvalue weighted by atomic mass is 9.94. The van der Waals surface area contributed by atoms with Gasteiger partial charge in [-0.05, 0) is 49.8 Å². The summed E-state index contributed by atoms with van der Waals surface area (Å²) in [6, 6.07) is 6.90. The Morgan fingerprint density at radius 2 is 2.13 bits per heavy atom. The topological polar surface area (TPSA) is 42.0 Å². The fourth-order valence-electron chi connectivity index (χ4n) is 3.31. The summed E-state index contributed by atoms with van der Waals surface area (Å²) in [4.78, 5) is 16.6. The summed E-state index contributed by atoms with van der Waals surface area (Å²) in [6.07, 6.45) is 4.50. The van der Waals surface area contributed by atoms with Crippen LogP contribution in [0.25, 0.3) is 0 Å². The van der Waals surface area contributed by atoms with Crippen molar-refractivity contribution in [2.75, 3.05) is 0 Å². The first-order valence-corrected chi connectivity index (χ1v) is 8.93. The second-order valence-electron chi connectivity index (χ2n) is 6.23. The van der Waals surface area contributed by atoms with Crippen LogP contribution >= 0.6 is 11.3 Å². The van der Waals surface area contributed by atoms with Gasteiger partial charge in [0.1, 0.15) is 5.82 Å². The summed E-state index contributed by atoms with van der Waals surface area (Å²) in [7, 11) is 0. The number of hydrogen-bond donors (Lipinski definition) is 1. The van der Waals surface area contributed by atoms with Gasteiger partial charge in [-0.1, -0.05) is 18.6 Å². The number of nitrogens with zero attached hydrogens (tertiary/aromatic N) is 1. The third kappa shape index (κ3) is 4.38. The number of aromatic nitrogens is 1. The van der Waals surface area contributed by atoms with Crippen LogP contribution < -0.4 is 5.32 Å². The van der Waals surface area contributed by atoms with Crippen LogP contribution in [0.2, 0.25) is 0 Å². The molecule has 1 aliphatic carbocycles. The lowest BCUT2D eigenvalue weighted by Crippen LogP contribution is -2.39. The fraction of sp³-hybridized carbons (Fsp3) is 0.444. The van der Waals surface area contributed by atoms with E-state index in [1.165, 1.54) is 12.1 Å². The van der Waals surface area contributed by atoms with Gasteiger partial charge in [0.2, 0.25) is 5.91 Å². The fourth-order valence-corrected chi connectivity index (χ4v) is 3.92. The molecule has 1 heterocycles. The third-order valence-electron chi connectivity index (χ3n) is 4.42. The van der Waals surface area contributed by atoms with Crippen LogP contribution in [0.4, 0.5) is 4.39 Å². The Kier molecular flexibility index (Phi) is 5.06. The monoisotopic (exact) mass is 332 g/mol. The third-order valence-corrected chi connectivity index (χ3v) is 5.25. The van der Waals surface area contributed by atoms with Gasteiger partial charge in [0.05, 0.1) is 17.1 Å². The first-order valence-electron chi connectivity index (χ1n) is 8.05. The summed E-state index contributed by atoms with van der Waals surface area (Å²) in [5.41, 5.74) is 1.98. The van der Waals surface area contributed by atoms with E-state index in [1.807, 2.05) is 24.4 Å². The van der Waals surface area contributed by atoms with Crippen molar-refractivity contribution in [1.82, 2.24) is 10.3 Å². The highest BCUT2D eigenvalue weighted by Gasteiger charge is 2.28. The Morgan fingerprint density at radius 3 is 2.83 bits per heavy atom. The number of carbonyl (C=O) groups excluding carboxylic acids is 1. The number of thiazole rings is 1. The standard InChI is InChI=1S/C18H21FN2OS/c1-12-20-16(11-23-12)10-18(22)21-17-4-2-3-14(17)9-13-5-7-15(19)8-6-13/h5-8,11,14,17H,2-4,9-10H2,1H3,(H,21,22)/t14-,17-/m0/s1. The Hall–Kier alpha value is -1.75.